The number of aromatic nitrogens is 1. The predicted molar refractivity (Wildman–Crippen MR) is 150 cm³/mol. The molecule has 0 bridgehead atoms. The summed E-state index contributed by atoms with van der Waals surface area (Å²) in [5.41, 5.74) is 2.50. The highest BCUT2D eigenvalue weighted by Gasteiger charge is 2.16. The Hall–Kier alpha value is -4.44. The molecule has 4 aromatic rings. The van der Waals surface area contributed by atoms with Crippen molar-refractivity contribution in [2.24, 2.45) is 0 Å². The lowest BCUT2D eigenvalue weighted by molar-refractivity contribution is -0.308. The molecule has 0 spiro atoms. The first-order valence-electron chi connectivity index (χ1n) is 12.9. The third-order valence-corrected chi connectivity index (χ3v) is 7.16. The Morgan fingerprint density at radius 2 is 1.73 bits per heavy atom. The second-order valence-electron chi connectivity index (χ2n) is 9.10. The minimum atomic E-state index is -1.40. The fraction of sp³-hybridized carbons (Fsp3) is 0.267. The lowest BCUT2D eigenvalue weighted by Gasteiger charge is -2.19. The summed E-state index contributed by atoms with van der Waals surface area (Å²) >= 11 is 1.08. The van der Waals surface area contributed by atoms with Crippen molar-refractivity contribution in [3.63, 3.8) is 0 Å². The number of ether oxygens (including phenoxy) is 2. The van der Waals surface area contributed by atoms with Gasteiger partial charge in [-0.3, -0.25) is 14.2 Å². The largest absolute Gasteiger partial charge is 0.548 e. The van der Waals surface area contributed by atoms with Gasteiger partial charge in [0.15, 0.2) is 5.78 Å². The van der Waals surface area contributed by atoms with Crippen LogP contribution in [0.15, 0.2) is 77.6 Å². The summed E-state index contributed by atoms with van der Waals surface area (Å²) in [6.07, 6.45) is 0.776. The second kappa shape index (κ2) is 13.6. The molecular weight excluding hydrogens is 532 g/mol. The standard InChI is InChI=1S/C30H30N2O7S/c1-2-3-16-39-29(36)31-24(28(34)35)18-20-9-12-23(13-10-20)38-17-15-32-25-14-11-22(19-26(25)40-30(32)37)27(33)21-7-5-4-6-8-21/h4-14,19,24H,2-3,15-18H2,1H3,(H,31,36)(H,34,35)/p-1. The van der Waals surface area contributed by atoms with Crippen LogP contribution < -0.4 is 20.0 Å². The van der Waals surface area contributed by atoms with Crippen molar-refractivity contribution >= 4 is 39.4 Å². The van der Waals surface area contributed by atoms with Crippen LogP contribution in [-0.4, -0.2) is 41.7 Å². The van der Waals surface area contributed by atoms with Gasteiger partial charge in [-0.1, -0.05) is 67.1 Å². The number of aliphatic carboxylic acids is 1. The number of unbranched alkanes of at least 4 members (excludes halogenated alkanes) is 1. The lowest BCUT2D eigenvalue weighted by Crippen LogP contribution is -2.49. The van der Waals surface area contributed by atoms with E-state index in [1.807, 2.05) is 25.1 Å². The molecule has 0 saturated heterocycles. The number of hydrogen-bond donors (Lipinski definition) is 1. The van der Waals surface area contributed by atoms with E-state index in [1.54, 1.807) is 59.2 Å². The summed E-state index contributed by atoms with van der Waals surface area (Å²) in [4.78, 5) is 48.6. The Bertz CT molecular complexity index is 1530. The monoisotopic (exact) mass is 561 g/mol. The van der Waals surface area contributed by atoms with E-state index in [9.17, 15) is 24.3 Å². The molecule has 0 aliphatic heterocycles. The molecule has 1 N–H and O–H groups in total. The number of carbonyl (C=O) groups excluding carboxylic acids is 3. The van der Waals surface area contributed by atoms with Gasteiger partial charge in [0.05, 0.1) is 35.4 Å². The zero-order valence-electron chi connectivity index (χ0n) is 22.0. The number of benzene rings is 3. The van der Waals surface area contributed by atoms with Gasteiger partial charge in [-0.2, -0.15) is 0 Å². The summed E-state index contributed by atoms with van der Waals surface area (Å²) < 4.78 is 13.1. The number of alkyl carbamates (subject to hydrolysis) is 1. The molecule has 0 saturated carbocycles. The van der Waals surface area contributed by atoms with Crippen LogP contribution in [0.4, 0.5) is 4.79 Å². The van der Waals surface area contributed by atoms with Gasteiger partial charge in [0, 0.05) is 11.1 Å². The van der Waals surface area contributed by atoms with Gasteiger partial charge in [-0.15, -0.1) is 0 Å². The maximum absolute atomic E-state index is 12.8. The van der Waals surface area contributed by atoms with Gasteiger partial charge in [-0.25, -0.2) is 4.79 Å². The van der Waals surface area contributed by atoms with Crippen LogP contribution in [0.25, 0.3) is 10.2 Å². The number of carbonyl (C=O) groups is 3. The van der Waals surface area contributed by atoms with Crippen LogP contribution in [0.1, 0.15) is 41.3 Å². The van der Waals surface area contributed by atoms with E-state index in [0.717, 1.165) is 28.0 Å². The van der Waals surface area contributed by atoms with Crippen molar-refractivity contribution in [2.45, 2.75) is 38.8 Å². The Labute approximate surface area is 235 Å². The number of thiazole rings is 1. The predicted octanol–water partition coefficient (Wildman–Crippen LogP) is 3.56. The first-order valence-corrected chi connectivity index (χ1v) is 13.8. The summed E-state index contributed by atoms with van der Waals surface area (Å²) in [7, 11) is 0. The van der Waals surface area contributed by atoms with Gasteiger partial charge in [-0.05, 0) is 48.7 Å². The molecule has 0 fully saturated rings. The highest BCUT2D eigenvalue weighted by atomic mass is 32.1. The average molecular weight is 562 g/mol. The first-order chi connectivity index (χ1) is 19.4. The van der Waals surface area contributed by atoms with Crippen molar-refractivity contribution < 1.29 is 29.0 Å². The van der Waals surface area contributed by atoms with E-state index in [4.69, 9.17) is 9.47 Å². The molecule has 1 heterocycles. The number of nitrogens with zero attached hydrogens (tertiary/aromatic N) is 1. The van der Waals surface area contributed by atoms with Gasteiger partial charge in [0.2, 0.25) is 0 Å². The van der Waals surface area contributed by atoms with Crippen LogP contribution in [0.5, 0.6) is 5.75 Å². The van der Waals surface area contributed by atoms with Crippen molar-refractivity contribution in [2.75, 3.05) is 13.2 Å². The SMILES string of the molecule is CCCCOC(=O)NC(Cc1ccc(OCCn2c(=O)sc3cc(C(=O)c4ccccc4)ccc32)cc1)C(=O)[O-]. The average Bonchev–Trinajstić information content (AvgIpc) is 3.27. The number of carboxylic acids is 1. The molecule has 1 atom stereocenters. The fourth-order valence-corrected chi connectivity index (χ4v) is 5.03. The Morgan fingerprint density at radius 3 is 2.42 bits per heavy atom. The van der Waals surface area contributed by atoms with Gasteiger partial charge < -0.3 is 24.7 Å². The lowest BCUT2D eigenvalue weighted by atomic mass is 10.0. The molecule has 0 aliphatic carbocycles. The molecule has 208 valence electrons. The van der Waals surface area contributed by atoms with Crippen LogP contribution in [0.3, 0.4) is 0 Å². The van der Waals surface area contributed by atoms with E-state index < -0.39 is 18.1 Å². The number of ketones is 1. The molecule has 3 aromatic carbocycles. The van der Waals surface area contributed by atoms with Crippen molar-refractivity contribution in [1.82, 2.24) is 9.88 Å². The van der Waals surface area contributed by atoms with Gasteiger partial charge in [0.25, 0.3) is 0 Å². The van der Waals surface area contributed by atoms with Crippen molar-refractivity contribution in [3.05, 3.63) is 99.2 Å². The van der Waals surface area contributed by atoms with E-state index in [1.165, 1.54) is 0 Å². The Kier molecular flexibility index (Phi) is 9.69. The minimum absolute atomic E-state index is 0.0243. The zero-order chi connectivity index (χ0) is 28.5. The number of nitrogens with one attached hydrogen (secondary N) is 1. The topological polar surface area (TPSA) is 127 Å². The zero-order valence-corrected chi connectivity index (χ0v) is 22.8. The number of fused-ring (bicyclic) bond motifs is 1. The van der Waals surface area contributed by atoms with Gasteiger partial charge in [0.1, 0.15) is 12.4 Å². The van der Waals surface area contributed by atoms with E-state index in [2.05, 4.69) is 5.32 Å². The molecule has 1 amide bonds. The third-order valence-electron chi connectivity index (χ3n) is 6.22. The van der Waals surface area contributed by atoms with Gasteiger partial charge >= 0.3 is 11.0 Å². The Morgan fingerprint density at radius 1 is 0.975 bits per heavy atom. The first kappa shape index (κ1) is 28.6. The number of carboxylic acid groups (broad SMARTS) is 1. The third kappa shape index (κ3) is 7.35. The molecule has 40 heavy (non-hydrogen) atoms. The summed E-state index contributed by atoms with van der Waals surface area (Å²) in [5, 5.41) is 13.8. The van der Waals surface area contributed by atoms with Crippen LogP contribution in [-0.2, 0) is 22.5 Å². The summed E-state index contributed by atoms with van der Waals surface area (Å²) in [6, 6.07) is 19.8. The van der Waals surface area contributed by atoms with Crippen LogP contribution >= 0.6 is 11.3 Å². The number of rotatable bonds is 13. The van der Waals surface area contributed by atoms with Crippen LogP contribution in [0.2, 0.25) is 0 Å². The highest BCUT2D eigenvalue weighted by molar-refractivity contribution is 7.16. The highest BCUT2D eigenvalue weighted by Crippen LogP contribution is 2.21. The molecular formula is C30H29N2O7S-. The molecule has 10 heteroatoms. The molecule has 9 nitrogen and oxygen atoms in total. The maximum Gasteiger partial charge on any atom is 0.407 e. The molecule has 1 aromatic heterocycles. The van der Waals surface area contributed by atoms with Crippen molar-refractivity contribution in [3.8, 4) is 5.75 Å². The van der Waals surface area contributed by atoms with E-state index in [0.29, 0.717) is 35.4 Å². The molecule has 0 radical (unpaired) electrons. The maximum atomic E-state index is 12.8. The normalized spacial score (nSPS) is 11.6. The second-order valence-corrected chi connectivity index (χ2v) is 10.1. The van der Waals surface area contributed by atoms with Crippen molar-refractivity contribution in [1.29, 1.82) is 0 Å². The summed E-state index contributed by atoms with van der Waals surface area (Å²) in [6.45, 7) is 2.71. The molecule has 4 rings (SSSR count). The van der Waals surface area contributed by atoms with E-state index in [-0.39, 0.29) is 30.3 Å². The fourth-order valence-electron chi connectivity index (χ4n) is 4.07. The smallest absolute Gasteiger partial charge is 0.407 e. The number of hydrogen-bond acceptors (Lipinski definition) is 8. The molecule has 0 aliphatic rings. The summed E-state index contributed by atoms with van der Waals surface area (Å²) in [5.74, 6) is -0.961. The molecule has 1 unspecified atom stereocenters. The quantitative estimate of drug-likeness (QED) is 0.195. The minimum Gasteiger partial charge on any atom is -0.548 e. The number of amides is 1. The van der Waals surface area contributed by atoms with E-state index >= 15 is 0 Å². The Balaban J connectivity index is 1.33. The van der Waals surface area contributed by atoms with Crippen LogP contribution in [0, 0.1) is 0 Å².